The lowest BCUT2D eigenvalue weighted by Gasteiger charge is -2.19. The van der Waals surface area contributed by atoms with E-state index in [1.54, 1.807) is 12.1 Å². The summed E-state index contributed by atoms with van der Waals surface area (Å²) in [6.45, 7) is -0.539. The van der Waals surface area contributed by atoms with Gasteiger partial charge in [-0.05, 0) is 30.5 Å². The monoisotopic (exact) mass is 300 g/mol. The van der Waals surface area contributed by atoms with Gasteiger partial charge in [0.25, 0.3) is 0 Å². The summed E-state index contributed by atoms with van der Waals surface area (Å²) in [5.74, 6) is 0.170. The van der Waals surface area contributed by atoms with Gasteiger partial charge in [0.15, 0.2) is 6.61 Å². The highest BCUT2D eigenvalue weighted by molar-refractivity contribution is 5.78. The van der Waals surface area contributed by atoms with Crippen LogP contribution >= 0.6 is 0 Å². The quantitative estimate of drug-likeness (QED) is 0.932. The molecule has 114 valence electrons. The molecule has 0 aliphatic carbocycles. The second-order valence-electron chi connectivity index (χ2n) is 5.30. The first kappa shape index (κ1) is 14.0. The maximum absolute atomic E-state index is 12.1. The highest BCUT2D eigenvalue weighted by atomic mass is 19.4. The highest BCUT2D eigenvalue weighted by Gasteiger charge is 2.42. The van der Waals surface area contributed by atoms with Crippen LogP contribution < -0.4 is 10.1 Å². The fourth-order valence-corrected chi connectivity index (χ4v) is 2.95. The van der Waals surface area contributed by atoms with E-state index in [0.717, 1.165) is 24.9 Å². The minimum atomic E-state index is -4.34. The van der Waals surface area contributed by atoms with Crippen LogP contribution in [-0.2, 0) is 0 Å². The molecule has 2 unspecified atom stereocenters. The molecule has 1 N–H and O–H groups in total. The molecular formula is C14H15F3N2O2. The molecular weight excluding hydrogens is 285 g/mol. The molecule has 4 nitrogen and oxygen atoms in total. The van der Waals surface area contributed by atoms with Crippen LogP contribution in [0, 0.1) is 0 Å². The first-order valence-corrected chi connectivity index (χ1v) is 6.81. The summed E-state index contributed by atoms with van der Waals surface area (Å²) in [6, 6.07) is 6.39. The summed E-state index contributed by atoms with van der Waals surface area (Å²) in [7, 11) is 0. The number of benzene rings is 1. The van der Waals surface area contributed by atoms with Crippen LogP contribution in [0.15, 0.2) is 24.3 Å². The van der Waals surface area contributed by atoms with Gasteiger partial charge < -0.3 is 15.0 Å². The van der Waals surface area contributed by atoms with Crippen molar-refractivity contribution < 1.29 is 22.7 Å². The SMILES string of the molecule is O=C1NC(c2ccc(OCC(F)(F)F)cc2)C2CCCN12. The Morgan fingerprint density at radius 2 is 2.00 bits per heavy atom. The van der Waals surface area contributed by atoms with E-state index in [1.165, 1.54) is 12.1 Å². The van der Waals surface area contributed by atoms with Gasteiger partial charge >= 0.3 is 12.2 Å². The number of hydrogen-bond donors (Lipinski definition) is 1. The number of halogens is 3. The molecule has 0 bridgehead atoms. The number of urea groups is 1. The Labute approximate surface area is 119 Å². The lowest BCUT2D eigenvalue weighted by molar-refractivity contribution is -0.153. The van der Waals surface area contributed by atoms with E-state index in [4.69, 9.17) is 0 Å². The molecule has 1 aromatic rings. The minimum Gasteiger partial charge on any atom is -0.484 e. The van der Waals surface area contributed by atoms with Crippen LogP contribution in [0.1, 0.15) is 24.4 Å². The number of hydrogen-bond acceptors (Lipinski definition) is 2. The largest absolute Gasteiger partial charge is 0.484 e. The Morgan fingerprint density at radius 3 is 2.67 bits per heavy atom. The summed E-state index contributed by atoms with van der Waals surface area (Å²) in [6.07, 6.45) is -2.42. The molecule has 2 atom stereocenters. The van der Waals surface area contributed by atoms with Gasteiger partial charge in [0.1, 0.15) is 5.75 Å². The molecule has 2 aliphatic heterocycles. The Bertz CT molecular complexity index is 530. The average Bonchev–Trinajstić information content (AvgIpc) is 3.01. The zero-order chi connectivity index (χ0) is 15.0. The molecule has 1 aromatic carbocycles. The third kappa shape index (κ3) is 2.91. The zero-order valence-electron chi connectivity index (χ0n) is 11.2. The Kier molecular flexibility index (Phi) is 3.43. The third-order valence-electron chi connectivity index (χ3n) is 3.87. The topological polar surface area (TPSA) is 41.6 Å². The molecule has 2 fully saturated rings. The van der Waals surface area contributed by atoms with E-state index in [0.29, 0.717) is 0 Å². The van der Waals surface area contributed by atoms with Gasteiger partial charge in [-0.2, -0.15) is 13.2 Å². The number of nitrogens with one attached hydrogen (secondary N) is 1. The van der Waals surface area contributed by atoms with Crippen LogP contribution in [0.2, 0.25) is 0 Å². The van der Waals surface area contributed by atoms with E-state index < -0.39 is 12.8 Å². The van der Waals surface area contributed by atoms with Crippen molar-refractivity contribution in [3.05, 3.63) is 29.8 Å². The average molecular weight is 300 g/mol. The molecule has 0 aromatic heterocycles. The number of carbonyl (C=O) groups excluding carboxylic acids is 1. The summed E-state index contributed by atoms with van der Waals surface area (Å²) in [5.41, 5.74) is 0.886. The van der Waals surface area contributed by atoms with Crippen molar-refractivity contribution in [1.29, 1.82) is 0 Å². The van der Waals surface area contributed by atoms with E-state index in [9.17, 15) is 18.0 Å². The summed E-state index contributed by atoms with van der Waals surface area (Å²) < 4.78 is 40.9. The van der Waals surface area contributed by atoms with Crippen molar-refractivity contribution >= 4 is 6.03 Å². The molecule has 2 saturated heterocycles. The predicted octanol–water partition coefficient (Wildman–Crippen LogP) is 2.86. The molecule has 0 radical (unpaired) electrons. The molecule has 7 heteroatoms. The second-order valence-corrected chi connectivity index (χ2v) is 5.30. The standard InChI is InChI=1S/C14H15F3N2O2/c15-14(16,17)8-21-10-5-3-9(4-6-10)12-11-2-1-7-19(11)13(20)18-12/h3-6,11-12H,1-2,7-8H2,(H,18,20). The van der Waals surface area contributed by atoms with Gasteiger partial charge in [0.2, 0.25) is 0 Å². The van der Waals surface area contributed by atoms with E-state index >= 15 is 0 Å². The lowest BCUT2D eigenvalue weighted by atomic mass is 9.99. The summed E-state index contributed by atoms with van der Waals surface area (Å²) in [5, 5.41) is 2.91. The van der Waals surface area contributed by atoms with Crippen LogP contribution in [0.5, 0.6) is 5.75 Å². The molecule has 2 amide bonds. The molecule has 2 heterocycles. The summed E-state index contributed by atoms with van der Waals surface area (Å²) >= 11 is 0. The number of amides is 2. The van der Waals surface area contributed by atoms with Gasteiger partial charge in [0.05, 0.1) is 12.1 Å². The number of rotatable bonds is 3. The second kappa shape index (κ2) is 5.13. The van der Waals surface area contributed by atoms with Crippen LogP contribution in [0.25, 0.3) is 0 Å². The van der Waals surface area contributed by atoms with Crippen LogP contribution in [0.4, 0.5) is 18.0 Å². The van der Waals surface area contributed by atoms with Crippen molar-refractivity contribution in [3.63, 3.8) is 0 Å². The van der Waals surface area contributed by atoms with E-state index in [2.05, 4.69) is 10.1 Å². The molecule has 21 heavy (non-hydrogen) atoms. The fraction of sp³-hybridized carbons (Fsp3) is 0.500. The fourth-order valence-electron chi connectivity index (χ4n) is 2.95. The van der Waals surface area contributed by atoms with E-state index in [-0.39, 0.29) is 23.9 Å². The smallest absolute Gasteiger partial charge is 0.422 e. The molecule has 0 spiro atoms. The zero-order valence-corrected chi connectivity index (χ0v) is 11.2. The number of alkyl halides is 3. The maximum Gasteiger partial charge on any atom is 0.422 e. The van der Waals surface area contributed by atoms with Gasteiger partial charge in [-0.3, -0.25) is 0 Å². The minimum absolute atomic E-state index is 0.0695. The Hall–Kier alpha value is -1.92. The van der Waals surface area contributed by atoms with E-state index in [1.807, 2.05) is 4.90 Å². The Morgan fingerprint density at radius 1 is 1.29 bits per heavy atom. The van der Waals surface area contributed by atoms with Crippen molar-refractivity contribution in [1.82, 2.24) is 10.2 Å². The third-order valence-corrected chi connectivity index (χ3v) is 3.87. The van der Waals surface area contributed by atoms with Crippen molar-refractivity contribution in [2.45, 2.75) is 31.1 Å². The molecule has 3 rings (SSSR count). The van der Waals surface area contributed by atoms with Crippen molar-refractivity contribution in [2.24, 2.45) is 0 Å². The first-order valence-electron chi connectivity index (χ1n) is 6.81. The normalized spacial score (nSPS) is 24.9. The maximum atomic E-state index is 12.1. The van der Waals surface area contributed by atoms with Crippen molar-refractivity contribution in [3.8, 4) is 5.75 Å². The highest BCUT2D eigenvalue weighted by Crippen LogP contribution is 2.34. The molecule has 2 aliphatic rings. The number of nitrogens with zero attached hydrogens (tertiary/aromatic N) is 1. The Balaban J connectivity index is 1.68. The summed E-state index contributed by atoms with van der Waals surface area (Å²) in [4.78, 5) is 13.6. The van der Waals surface area contributed by atoms with Crippen LogP contribution in [0.3, 0.4) is 0 Å². The van der Waals surface area contributed by atoms with Crippen LogP contribution in [-0.4, -0.2) is 36.3 Å². The van der Waals surface area contributed by atoms with Gasteiger partial charge in [0, 0.05) is 6.54 Å². The van der Waals surface area contributed by atoms with Gasteiger partial charge in [-0.15, -0.1) is 0 Å². The van der Waals surface area contributed by atoms with Gasteiger partial charge in [-0.1, -0.05) is 12.1 Å². The number of ether oxygens (including phenoxy) is 1. The van der Waals surface area contributed by atoms with Gasteiger partial charge in [-0.25, -0.2) is 4.79 Å². The van der Waals surface area contributed by atoms with Crippen molar-refractivity contribution in [2.75, 3.05) is 13.2 Å². The molecule has 0 saturated carbocycles. The lowest BCUT2D eigenvalue weighted by Crippen LogP contribution is -2.28. The number of fused-ring (bicyclic) bond motifs is 1. The first-order chi connectivity index (χ1) is 9.94. The predicted molar refractivity (Wildman–Crippen MR) is 69.0 cm³/mol. The number of carbonyl (C=O) groups is 1.